The highest BCUT2D eigenvalue weighted by atomic mass is 19.4. The van der Waals surface area contributed by atoms with Crippen molar-refractivity contribution in [2.75, 3.05) is 64.2 Å². The smallest absolute Gasteiger partial charge is 0.475 e. The molecule has 2 N–H and O–H groups in total. The lowest BCUT2D eigenvalue weighted by Gasteiger charge is -2.34. The summed E-state index contributed by atoms with van der Waals surface area (Å²) in [6.45, 7) is 5.53. The predicted molar refractivity (Wildman–Crippen MR) is 165 cm³/mol. The molecule has 0 radical (unpaired) electrons. The monoisotopic (exact) mass is 644 g/mol. The number of amides is 1. The van der Waals surface area contributed by atoms with E-state index < -0.39 is 12.1 Å². The number of carbonyl (C=O) groups is 2. The third-order valence-corrected chi connectivity index (χ3v) is 7.91. The maximum absolute atomic E-state index is 14.0. The van der Waals surface area contributed by atoms with Crippen molar-refractivity contribution < 1.29 is 27.9 Å². The molecule has 13 nitrogen and oxygen atoms in total. The molecular weight excluding hydrogens is 605 g/mol. The number of hydrazine groups is 1. The Hall–Kier alpha value is -4.49. The Labute approximate surface area is 265 Å². The van der Waals surface area contributed by atoms with Crippen LogP contribution in [0.5, 0.6) is 0 Å². The molecule has 16 heteroatoms. The van der Waals surface area contributed by atoms with E-state index in [9.17, 15) is 23.2 Å². The Morgan fingerprint density at radius 1 is 1.13 bits per heavy atom. The van der Waals surface area contributed by atoms with Crippen molar-refractivity contribution in [1.82, 2.24) is 34.3 Å². The summed E-state index contributed by atoms with van der Waals surface area (Å²) < 4.78 is 33.7. The fourth-order valence-corrected chi connectivity index (χ4v) is 5.42. The lowest BCUT2D eigenvalue weighted by atomic mass is 10.1. The fraction of sp³-hybridized carbons (Fsp3) is 0.533. The normalized spacial score (nSPS) is 15.8. The molecule has 3 aromatic rings. The number of benzene rings is 1. The van der Waals surface area contributed by atoms with Crippen molar-refractivity contribution >= 4 is 34.5 Å². The van der Waals surface area contributed by atoms with E-state index in [2.05, 4.69) is 54.3 Å². The Balaban J connectivity index is 0.000000617. The van der Waals surface area contributed by atoms with Gasteiger partial charge in [-0.1, -0.05) is 18.9 Å². The molecule has 0 bridgehead atoms. The Morgan fingerprint density at radius 3 is 2.41 bits per heavy atom. The molecule has 2 aliphatic rings. The fourth-order valence-electron chi connectivity index (χ4n) is 5.42. The number of halogens is 3. The Morgan fingerprint density at radius 2 is 1.80 bits per heavy atom. The number of nitriles is 1. The predicted octanol–water partition coefficient (Wildman–Crippen LogP) is 3.45. The SMILES string of the molecule is CN(C)CCCn1cnc2c(NN(C(=O)c3cccc(N4CCN(C)CC4)c3)C3CCCC3)nc(C#N)nc21.O=C(O)C(F)(F)F. The molecule has 0 unspecified atom stereocenters. The van der Waals surface area contributed by atoms with Crippen LogP contribution in [0.3, 0.4) is 0 Å². The van der Waals surface area contributed by atoms with Gasteiger partial charge in [0, 0.05) is 44.0 Å². The number of hydrogen-bond acceptors (Lipinski definition) is 10. The van der Waals surface area contributed by atoms with Crippen molar-refractivity contribution in [3.63, 3.8) is 0 Å². The number of carbonyl (C=O) groups excluding carboxylic acids is 1. The number of carboxylic acid groups (broad SMARTS) is 1. The first-order chi connectivity index (χ1) is 21.9. The van der Waals surface area contributed by atoms with Gasteiger partial charge in [0.2, 0.25) is 5.82 Å². The topological polar surface area (TPSA) is 147 Å². The number of imidazole rings is 1. The van der Waals surface area contributed by atoms with Gasteiger partial charge in [0.25, 0.3) is 5.91 Å². The van der Waals surface area contributed by atoms with Gasteiger partial charge in [0.1, 0.15) is 6.07 Å². The lowest BCUT2D eigenvalue weighted by molar-refractivity contribution is -0.192. The van der Waals surface area contributed by atoms with E-state index in [-0.39, 0.29) is 17.8 Å². The largest absolute Gasteiger partial charge is 0.490 e. The molecule has 1 amide bonds. The first kappa shape index (κ1) is 34.4. The molecular formula is C30H39F3N10O3. The Kier molecular flexibility index (Phi) is 11.4. The lowest BCUT2D eigenvalue weighted by Crippen LogP contribution is -2.45. The van der Waals surface area contributed by atoms with Crippen LogP contribution in [-0.2, 0) is 11.3 Å². The summed E-state index contributed by atoms with van der Waals surface area (Å²) in [7, 11) is 6.22. The van der Waals surface area contributed by atoms with Gasteiger partial charge in [0.15, 0.2) is 17.0 Å². The maximum atomic E-state index is 14.0. The molecule has 1 aliphatic carbocycles. The van der Waals surface area contributed by atoms with E-state index >= 15 is 0 Å². The maximum Gasteiger partial charge on any atom is 0.490 e. The minimum absolute atomic E-state index is 0.0301. The summed E-state index contributed by atoms with van der Waals surface area (Å²) in [5.41, 5.74) is 6.15. The molecule has 1 aromatic carbocycles. The van der Waals surface area contributed by atoms with Crippen LogP contribution in [0, 0.1) is 11.3 Å². The van der Waals surface area contributed by atoms with Crippen LogP contribution >= 0.6 is 0 Å². The highest BCUT2D eigenvalue weighted by Crippen LogP contribution is 2.28. The molecule has 1 aliphatic heterocycles. The highest BCUT2D eigenvalue weighted by molar-refractivity contribution is 5.97. The highest BCUT2D eigenvalue weighted by Gasteiger charge is 2.38. The third-order valence-electron chi connectivity index (χ3n) is 7.91. The number of aromatic nitrogens is 4. The van der Waals surface area contributed by atoms with Crippen LogP contribution in [0.2, 0.25) is 0 Å². The van der Waals surface area contributed by atoms with Crippen molar-refractivity contribution in [3.05, 3.63) is 42.0 Å². The second-order valence-electron chi connectivity index (χ2n) is 11.6. The summed E-state index contributed by atoms with van der Waals surface area (Å²) in [5.74, 6) is -2.42. The zero-order valence-electron chi connectivity index (χ0n) is 26.2. The van der Waals surface area contributed by atoms with Crippen molar-refractivity contribution in [2.24, 2.45) is 0 Å². The molecule has 0 spiro atoms. The minimum atomic E-state index is -5.08. The van der Waals surface area contributed by atoms with Gasteiger partial charge in [-0.25, -0.2) is 14.8 Å². The number of anilines is 2. The van der Waals surface area contributed by atoms with Crippen LogP contribution in [-0.4, -0.2) is 117 Å². The van der Waals surface area contributed by atoms with E-state index in [1.54, 1.807) is 11.3 Å². The number of aryl methyl sites for hydroxylation is 1. The zero-order chi connectivity index (χ0) is 33.4. The second kappa shape index (κ2) is 15.2. The van der Waals surface area contributed by atoms with E-state index in [0.29, 0.717) is 22.5 Å². The minimum Gasteiger partial charge on any atom is -0.475 e. The summed E-state index contributed by atoms with van der Waals surface area (Å²) >= 11 is 0. The summed E-state index contributed by atoms with van der Waals surface area (Å²) in [4.78, 5) is 43.2. The number of likely N-dealkylation sites (N-methyl/N-ethyl adjacent to an activating group) is 1. The van der Waals surface area contributed by atoms with Crippen LogP contribution in [0.25, 0.3) is 11.2 Å². The molecule has 1 saturated heterocycles. The standard InChI is InChI=1S/C28H38N10O.C2HF3O2/c1-34(2)12-7-13-37-20-30-25-26(31-24(19-29)32-27(25)37)33-38(22-9-4-5-10-22)28(39)21-8-6-11-23(18-21)36-16-14-35(3)15-17-36;3-2(4,5)1(6)7/h6,8,11,18,20,22H,4-5,7,9-10,12-17H2,1-3H3,(H,31,32,33);(H,6,7). The number of aliphatic carboxylic acids is 1. The van der Waals surface area contributed by atoms with Crippen LogP contribution in [0.1, 0.15) is 48.3 Å². The van der Waals surface area contributed by atoms with Gasteiger partial charge in [-0.2, -0.15) is 28.4 Å². The number of fused-ring (bicyclic) bond motifs is 1. The first-order valence-electron chi connectivity index (χ1n) is 15.1. The van der Waals surface area contributed by atoms with Gasteiger partial charge in [-0.3, -0.25) is 10.2 Å². The quantitative estimate of drug-likeness (QED) is 0.330. The number of piperazine rings is 1. The molecule has 3 heterocycles. The molecule has 5 rings (SSSR count). The third kappa shape index (κ3) is 8.82. The summed E-state index contributed by atoms with van der Waals surface area (Å²) in [6, 6.07) is 10.0. The molecule has 248 valence electrons. The van der Waals surface area contributed by atoms with Gasteiger partial charge in [-0.05, 0) is 65.1 Å². The van der Waals surface area contributed by atoms with Gasteiger partial charge in [-0.15, -0.1) is 0 Å². The van der Waals surface area contributed by atoms with Crippen LogP contribution < -0.4 is 10.3 Å². The first-order valence-corrected chi connectivity index (χ1v) is 15.1. The molecule has 0 atom stereocenters. The molecule has 1 saturated carbocycles. The Bertz CT molecular complexity index is 1540. The summed E-state index contributed by atoms with van der Waals surface area (Å²) in [5, 5.41) is 18.5. The van der Waals surface area contributed by atoms with Gasteiger partial charge < -0.3 is 24.4 Å². The van der Waals surface area contributed by atoms with E-state index in [0.717, 1.165) is 77.1 Å². The van der Waals surface area contributed by atoms with Crippen LogP contribution in [0.4, 0.5) is 24.7 Å². The van der Waals surface area contributed by atoms with Gasteiger partial charge in [0.05, 0.1) is 12.4 Å². The van der Waals surface area contributed by atoms with Gasteiger partial charge >= 0.3 is 12.1 Å². The average molecular weight is 645 g/mol. The number of hydrogen-bond donors (Lipinski definition) is 2. The number of rotatable bonds is 9. The molecule has 2 aromatic heterocycles. The van der Waals surface area contributed by atoms with E-state index in [4.69, 9.17) is 9.90 Å². The van der Waals surface area contributed by atoms with E-state index in [1.807, 2.05) is 36.9 Å². The van der Waals surface area contributed by atoms with E-state index in [1.165, 1.54) is 0 Å². The van der Waals surface area contributed by atoms with Crippen LogP contribution in [0.15, 0.2) is 30.6 Å². The molecule has 46 heavy (non-hydrogen) atoms. The number of nitrogens with one attached hydrogen (secondary N) is 1. The van der Waals surface area contributed by atoms with Crippen molar-refractivity contribution in [2.45, 2.75) is 50.9 Å². The zero-order valence-corrected chi connectivity index (χ0v) is 26.2. The molecule has 2 fully saturated rings. The number of alkyl halides is 3. The average Bonchev–Trinajstić information content (AvgIpc) is 3.70. The van der Waals surface area contributed by atoms with Crippen molar-refractivity contribution in [3.8, 4) is 6.07 Å². The number of nitrogens with zero attached hydrogens (tertiary/aromatic N) is 9. The number of carboxylic acids is 1. The second-order valence-corrected chi connectivity index (χ2v) is 11.6. The van der Waals surface area contributed by atoms with Crippen molar-refractivity contribution in [1.29, 1.82) is 5.26 Å². The summed E-state index contributed by atoms with van der Waals surface area (Å²) in [6.07, 6.45) is 1.54.